The highest BCUT2D eigenvalue weighted by Gasteiger charge is 2.47. The number of carboxylic acid groups (broad SMARTS) is 1. The molecule has 4 nitrogen and oxygen atoms in total. The van der Waals surface area contributed by atoms with Gasteiger partial charge in [-0.25, -0.2) is 4.79 Å². The van der Waals surface area contributed by atoms with Gasteiger partial charge in [-0.1, -0.05) is 0 Å². The molecule has 3 heterocycles. The van der Waals surface area contributed by atoms with Gasteiger partial charge >= 0.3 is 12.3 Å². The van der Waals surface area contributed by atoms with Gasteiger partial charge in [0.2, 0.25) is 0 Å². The fourth-order valence-corrected chi connectivity index (χ4v) is 4.65. The lowest BCUT2D eigenvalue weighted by Crippen LogP contribution is -2.51. The minimum absolute atomic E-state index is 0.273. The molecule has 22 heavy (non-hydrogen) atoms. The third kappa shape index (κ3) is 2.48. The molecular weight excluding hydrogens is 319 g/mol. The minimum atomic E-state index is -4.35. The second-order valence-electron chi connectivity index (χ2n) is 5.83. The van der Waals surface area contributed by atoms with Gasteiger partial charge in [-0.05, 0) is 31.4 Å². The molecule has 1 aromatic heterocycles. The lowest BCUT2D eigenvalue weighted by Gasteiger charge is -2.46. The molecule has 0 aliphatic carbocycles. The predicted molar refractivity (Wildman–Crippen MR) is 74.1 cm³/mol. The molecule has 8 heteroatoms. The number of nitrogens with zero attached hydrogens (tertiary/aromatic N) is 1. The van der Waals surface area contributed by atoms with Gasteiger partial charge in [-0.3, -0.25) is 0 Å². The molecule has 1 saturated heterocycles. The van der Waals surface area contributed by atoms with Crippen molar-refractivity contribution in [2.24, 2.45) is 0 Å². The van der Waals surface area contributed by atoms with Crippen LogP contribution in [0.2, 0.25) is 0 Å². The Morgan fingerprint density at radius 1 is 1.55 bits per heavy atom. The third-order valence-electron chi connectivity index (χ3n) is 4.41. The summed E-state index contributed by atoms with van der Waals surface area (Å²) >= 11 is 0.743. The van der Waals surface area contributed by atoms with Crippen molar-refractivity contribution >= 4 is 17.4 Å². The Hall–Kier alpha value is -1.28. The molecule has 0 radical (unpaired) electrons. The van der Waals surface area contributed by atoms with E-state index in [1.807, 2.05) is 0 Å². The highest BCUT2D eigenvalue weighted by atomic mass is 32.1. The van der Waals surface area contributed by atoms with Crippen molar-refractivity contribution in [2.75, 3.05) is 13.2 Å². The lowest BCUT2D eigenvalue weighted by atomic mass is 9.82. The van der Waals surface area contributed by atoms with Crippen LogP contribution in [0.1, 0.15) is 35.1 Å². The summed E-state index contributed by atoms with van der Waals surface area (Å²) in [5, 5.41) is 9.14. The van der Waals surface area contributed by atoms with Gasteiger partial charge < -0.3 is 14.7 Å². The Morgan fingerprint density at radius 2 is 2.27 bits per heavy atom. The summed E-state index contributed by atoms with van der Waals surface area (Å²) in [5.74, 6) is 0. The van der Waals surface area contributed by atoms with E-state index < -0.39 is 22.7 Å². The number of likely N-dealkylation sites (tertiary alicyclic amines) is 1. The van der Waals surface area contributed by atoms with Gasteiger partial charge in [0.1, 0.15) is 10.5 Å². The smallest absolute Gasteiger partial charge is 0.425 e. The maximum atomic E-state index is 13.0. The molecule has 1 amide bonds. The van der Waals surface area contributed by atoms with Crippen LogP contribution < -0.4 is 0 Å². The first-order valence-corrected chi connectivity index (χ1v) is 7.88. The SMILES string of the molecule is C[C@H]1C[C@@]2(CCN1C(=O)O)OCCc1cc(C(F)(F)F)sc12. The van der Waals surface area contributed by atoms with Crippen LogP contribution in [0.3, 0.4) is 0 Å². The zero-order chi connectivity index (χ0) is 16.1. The zero-order valence-electron chi connectivity index (χ0n) is 11.9. The average molecular weight is 335 g/mol. The average Bonchev–Trinajstić information content (AvgIpc) is 2.84. The molecule has 2 aliphatic rings. The van der Waals surface area contributed by atoms with Crippen molar-refractivity contribution in [1.29, 1.82) is 0 Å². The molecule has 1 fully saturated rings. The molecule has 3 rings (SSSR count). The Bertz CT molecular complexity index is 601. The molecule has 1 spiro atoms. The molecule has 2 atom stereocenters. The van der Waals surface area contributed by atoms with Gasteiger partial charge in [-0.15, -0.1) is 11.3 Å². The molecule has 1 N–H and O–H groups in total. The summed E-state index contributed by atoms with van der Waals surface area (Å²) in [6.07, 6.45) is -4.09. The number of hydrogen-bond donors (Lipinski definition) is 1. The first-order valence-electron chi connectivity index (χ1n) is 7.07. The van der Waals surface area contributed by atoms with Crippen LogP contribution in [0.15, 0.2) is 6.07 Å². The molecule has 2 aliphatic heterocycles. The number of thiophene rings is 1. The summed E-state index contributed by atoms with van der Waals surface area (Å²) in [7, 11) is 0. The van der Waals surface area contributed by atoms with Crippen LogP contribution in [-0.4, -0.2) is 35.3 Å². The second-order valence-corrected chi connectivity index (χ2v) is 6.89. The van der Waals surface area contributed by atoms with Crippen LogP contribution in [0.5, 0.6) is 0 Å². The van der Waals surface area contributed by atoms with Gasteiger partial charge in [0.05, 0.1) is 6.61 Å². The van der Waals surface area contributed by atoms with Gasteiger partial charge in [0, 0.05) is 23.9 Å². The van der Waals surface area contributed by atoms with Crippen molar-refractivity contribution in [3.63, 3.8) is 0 Å². The van der Waals surface area contributed by atoms with Gasteiger partial charge in [-0.2, -0.15) is 13.2 Å². The van der Waals surface area contributed by atoms with Crippen LogP contribution in [-0.2, 0) is 22.9 Å². The number of carbonyl (C=O) groups is 1. The van der Waals surface area contributed by atoms with E-state index in [2.05, 4.69) is 0 Å². The highest BCUT2D eigenvalue weighted by molar-refractivity contribution is 7.12. The zero-order valence-corrected chi connectivity index (χ0v) is 12.8. The monoisotopic (exact) mass is 335 g/mol. The quantitative estimate of drug-likeness (QED) is 0.786. The number of rotatable bonds is 0. The minimum Gasteiger partial charge on any atom is -0.465 e. The molecule has 0 aromatic carbocycles. The van der Waals surface area contributed by atoms with E-state index in [1.165, 1.54) is 11.0 Å². The first-order chi connectivity index (χ1) is 10.2. The van der Waals surface area contributed by atoms with Gasteiger partial charge in [0.15, 0.2) is 0 Å². The first kappa shape index (κ1) is 15.6. The summed E-state index contributed by atoms with van der Waals surface area (Å²) in [6, 6.07) is 0.937. The van der Waals surface area contributed by atoms with Crippen LogP contribution >= 0.6 is 11.3 Å². The van der Waals surface area contributed by atoms with Crippen LogP contribution in [0.25, 0.3) is 0 Å². The maximum absolute atomic E-state index is 13.0. The standard InChI is InChI=1S/C14H16F3NO3S/c1-8-7-13(3-4-18(8)12(19)20)11-9(2-5-21-13)6-10(22-11)14(15,16)17/h6,8H,2-5,7H2,1H3,(H,19,20)/t8-,13+/m0/s1. The second kappa shape index (κ2) is 5.13. The van der Waals surface area contributed by atoms with E-state index in [4.69, 9.17) is 9.84 Å². The Labute approximate surface area is 129 Å². The molecule has 0 bridgehead atoms. The number of alkyl halides is 3. The summed E-state index contributed by atoms with van der Waals surface area (Å²) in [5.41, 5.74) is -0.0767. The van der Waals surface area contributed by atoms with E-state index in [0.29, 0.717) is 36.3 Å². The normalized spacial score (nSPS) is 28.7. The Kier molecular flexibility index (Phi) is 3.64. The largest absolute Gasteiger partial charge is 0.465 e. The Morgan fingerprint density at radius 3 is 2.86 bits per heavy atom. The molecule has 1 aromatic rings. The van der Waals surface area contributed by atoms with Crippen LogP contribution in [0, 0.1) is 0 Å². The molecule has 0 saturated carbocycles. The molecule has 122 valence electrons. The van der Waals surface area contributed by atoms with Crippen molar-refractivity contribution in [1.82, 2.24) is 4.90 Å². The summed E-state index contributed by atoms with van der Waals surface area (Å²) in [4.78, 5) is 12.5. The van der Waals surface area contributed by atoms with E-state index in [-0.39, 0.29) is 12.6 Å². The van der Waals surface area contributed by atoms with E-state index >= 15 is 0 Å². The van der Waals surface area contributed by atoms with E-state index in [1.54, 1.807) is 6.92 Å². The fourth-order valence-electron chi connectivity index (χ4n) is 3.39. The number of amides is 1. The summed E-state index contributed by atoms with van der Waals surface area (Å²) < 4.78 is 44.8. The number of ether oxygens (including phenoxy) is 1. The van der Waals surface area contributed by atoms with Crippen molar-refractivity contribution < 1.29 is 27.8 Å². The number of piperidine rings is 1. The topological polar surface area (TPSA) is 49.8 Å². The molecule has 0 unspecified atom stereocenters. The van der Waals surface area contributed by atoms with E-state index in [0.717, 1.165) is 11.3 Å². The molecular formula is C14H16F3NO3S. The number of hydrogen-bond acceptors (Lipinski definition) is 3. The third-order valence-corrected chi connectivity index (χ3v) is 5.82. The highest BCUT2D eigenvalue weighted by Crippen LogP contribution is 2.49. The lowest BCUT2D eigenvalue weighted by molar-refractivity contribution is -0.134. The maximum Gasteiger partial charge on any atom is 0.425 e. The van der Waals surface area contributed by atoms with Crippen LogP contribution in [0.4, 0.5) is 18.0 Å². The fraction of sp³-hybridized carbons (Fsp3) is 0.643. The van der Waals surface area contributed by atoms with Crippen molar-refractivity contribution in [3.8, 4) is 0 Å². The van der Waals surface area contributed by atoms with Crippen molar-refractivity contribution in [2.45, 2.75) is 44.0 Å². The Balaban J connectivity index is 1.95. The van der Waals surface area contributed by atoms with Gasteiger partial charge in [0.25, 0.3) is 0 Å². The van der Waals surface area contributed by atoms with E-state index in [9.17, 15) is 18.0 Å². The number of halogens is 3. The number of fused-ring (bicyclic) bond motifs is 2. The predicted octanol–water partition coefficient (Wildman–Crippen LogP) is 3.70. The summed E-state index contributed by atoms with van der Waals surface area (Å²) in [6.45, 7) is 2.42. The van der Waals surface area contributed by atoms with Crippen molar-refractivity contribution in [3.05, 3.63) is 21.4 Å².